The van der Waals surface area contributed by atoms with Crippen LogP contribution < -0.4 is 4.90 Å². The van der Waals surface area contributed by atoms with Crippen molar-refractivity contribution in [2.45, 2.75) is 13.3 Å². The number of fused-ring (bicyclic) bond motifs is 5. The fourth-order valence-electron chi connectivity index (χ4n) is 4.34. The molecule has 2 aliphatic carbocycles. The Morgan fingerprint density at radius 2 is 1.79 bits per heavy atom. The first-order valence-electron chi connectivity index (χ1n) is 8.34. The molecule has 1 aromatic rings. The average Bonchev–Trinajstić information content (AvgIpc) is 3.24. The van der Waals surface area contributed by atoms with Crippen LogP contribution in [-0.2, 0) is 14.4 Å². The largest absolute Gasteiger partial charge is 0.314 e. The van der Waals surface area contributed by atoms with E-state index in [1.807, 2.05) is 31.2 Å². The van der Waals surface area contributed by atoms with E-state index in [4.69, 9.17) is 0 Å². The van der Waals surface area contributed by atoms with Gasteiger partial charge in [0.1, 0.15) is 6.54 Å². The third-order valence-corrected chi connectivity index (χ3v) is 5.62. The highest BCUT2D eigenvalue weighted by Gasteiger charge is 2.59. The maximum Gasteiger partial charge on any atom is 0.246 e. The van der Waals surface area contributed by atoms with E-state index in [-0.39, 0.29) is 47.9 Å². The molecule has 5 nitrogen and oxygen atoms in total. The number of aryl methyl sites for hydroxylation is 1. The van der Waals surface area contributed by atoms with Crippen molar-refractivity contribution < 1.29 is 14.4 Å². The van der Waals surface area contributed by atoms with Gasteiger partial charge in [-0.3, -0.25) is 19.3 Å². The summed E-state index contributed by atoms with van der Waals surface area (Å²) in [5.74, 6) is -0.741. The fourth-order valence-corrected chi connectivity index (χ4v) is 4.34. The lowest BCUT2D eigenvalue weighted by molar-refractivity contribution is -0.143. The molecule has 1 heterocycles. The molecule has 2 bridgehead atoms. The molecule has 1 aliphatic heterocycles. The van der Waals surface area contributed by atoms with Crippen molar-refractivity contribution in [1.29, 1.82) is 0 Å². The highest BCUT2D eigenvalue weighted by atomic mass is 16.2. The maximum absolute atomic E-state index is 12.6. The van der Waals surface area contributed by atoms with Crippen LogP contribution in [0.5, 0.6) is 0 Å². The third-order valence-electron chi connectivity index (χ3n) is 5.62. The first-order valence-corrected chi connectivity index (χ1v) is 8.34. The van der Waals surface area contributed by atoms with Gasteiger partial charge in [-0.1, -0.05) is 24.3 Å². The summed E-state index contributed by atoms with van der Waals surface area (Å²) in [4.78, 5) is 40.5. The van der Waals surface area contributed by atoms with Crippen molar-refractivity contribution in [2.24, 2.45) is 23.7 Å². The minimum atomic E-state index is -0.248. The predicted molar refractivity (Wildman–Crippen MR) is 89.0 cm³/mol. The molecule has 0 unspecified atom stereocenters. The van der Waals surface area contributed by atoms with Gasteiger partial charge in [-0.2, -0.15) is 0 Å². The van der Waals surface area contributed by atoms with Crippen molar-refractivity contribution in [2.75, 3.05) is 18.5 Å². The molecular formula is C19H20N2O3. The zero-order chi connectivity index (χ0) is 17.0. The first-order chi connectivity index (χ1) is 11.5. The van der Waals surface area contributed by atoms with Crippen molar-refractivity contribution >= 4 is 23.4 Å². The monoisotopic (exact) mass is 324 g/mol. The van der Waals surface area contributed by atoms with Gasteiger partial charge in [-0.05, 0) is 42.9 Å². The molecule has 0 N–H and O–H groups in total. The Labute approximate surface area is 140 Å². The minimum Gasteiger partial charge on any atom is -0.314 e. The quantitative estimate of drug-likeness (QED) is 0.629. The number of likely N-dealkylation sites (tertiary alicyclic amines) is 1. The van der Waals surface area contributed by atoms with E-state index in [0.29, 0.717) is 0 Å². The van der Waals surface area contributed by atoms with Crippen molar-refractivity contribution in [1.82, 2.24) is 4.90 Å². The number of imide groups is 1. The normalized spacial score (nSPS) is 30.2. The van der Waals surface area contributed by atoms with Crippen LogP contribution in [-0.4, -0.2) is 36.2 Å². The molecule has 1 aromatic carbocycles. The van der Waals surface area contributed by atoms with Crippen LogP contribution in [0.3, 0.4) is 0 Å². The number of benzene rings is 1. The van der Waals surface area contributed by atoms with E-state index in [2.05, 4.69) is 12.2 Å². The summed E-state index contributed by atoms with van der Waals surface area (Å²) in [7, 11) is 1.67. The number of hydrogen-bond donors (Lipinski definition) is 0. The summed E-state index contributed by atoms with van der Waals surface area (Å²) in [6, 6.07) is 7.59. The Balaban J connectivity index is 1.51. The molecule has 2 fully saturated rings. The van der Waals surface area contributed by atoms with E-state index in [1.165, 1.54) is 9.80 Å². The molecule has 124 valence electrons. The van der Waals surface area contributed by atoms with Crippen molar-refractivity contribution in [3.8, 4) is 0 Å². The number of carbonyl (C=O) groups excluding carboxylic acids is 3. The molecular weight excluding hydrogens is 304 g/mol. The molecule has 1 saturated heterocycles. The van der Waals surface area contributed by atoms with E-state index in [1.54, 1.807) is 7.05 Å². The number of anilines is 1. The van der Waals surface area contributed by atoms with E-state index >= 15 is 0 Å². The second-order valence-corrected chi connectivity index (χ2v) is 7.05. The van der Waals surface area contributed by atoms with Crippen LogP contribution in [0.25, 0.3) is 0 Å². The van der Waals surface area contributed by atoms with Gasteiger partial charge in [0.25, 0.3) is 0 Å². The second kappa shape index (κ2) is 5.30. The Hall–Kier alpha value is -2.43. The van der Waals surface area contributed by atoms with E-state index in [9.17, 15) is 14.4 Å². The number of hydrogen-bond acceptors (Lipinski definition) is 3. The molecule has 4 atom stereocenters. The molecule has 0 aromatic heterocycles. The Morgan fingerprint density at radius 3 is 2.38 bits per heavy atom. The Bertz CT molecular complexity index is 740. The molecule has 3 aliphatic rings. The van der Waals surface area contributed by atoms with Crippen LogP contribution in [0.2, 0.25) is 0 Å². The van der Waals surface area contributed by atoms with Gasteiger partial charge in [0.05, 0.1) is 11.8 Å². The fraction of sp³-hybridized carbons (Fsp3) is 0.421. The lowest BCUT2D eigenvalue weighted by Crippen LogP contribution is -2.42. The summed E-state index contributed by atoms with van der Waals surface area (Å²) in [6.45, 7) is 1.79. The van der Waals surface area contributed by atoms with Crippen molar-refractivity contribution in [3.05, 3.63) is 42.0 Å². The van der Waals surface area contributed by atoms with E-state index < -0.39 is 0 Å². The topological polar surface area (TPSA) is 57.7 Å². The number of nitrogens with zero attached hydrogens (tertiary/aromatic N) is 2. The van der Waals surface area contributed by atoms with Gasteiger partial charge in [0.2, 0.25) is 17.7 Å². The summed E-state index contributed by atoms with van der Waals surface area (Å²) < 4.78 is 0. The molecule has 1 saturated carbocycles. The lowest BCUT2D eigenvalue weighted by atomic mass is 9.85. The number of amides is 3. The summed E-state index contributed by atoms with van der Waals surface area (Å²) in [5.41, 5.74) is 1.82. The van der Waals surface area contributed by atoms with Crippen LogP contribution >= 0.6 is 0 Å². The number of likely N-dealkylation sites (N-methyl/N-ethyl adjacent to an activating group) is 1. The molecule has 5 heteroatoms. The van der Waals surface area contributed by atoms with Gasteiger partial charge in [-0.25, -0.2) is 0 Å². The molecule has 0 radical (unpaired) electrons. The standard InChI is InChI=1S/C19H20N2O3/c1-11-4-3-5-14(8-11)20(2)15(22)10-21-18(23)16-12-6-7-13(9-12)17(16)19(21)24/h3-8,12-13,16-17H,9-10H2,1-2H3/t12-,13-,16-,17+/m0/s1. The average molecular weight is 324 g/mol. The maximum atomic E-state index is 12.6. The smallest absolute Gasteiger partial charge is 0.246 e. The van der Waals surface area contributed by atoms with Gasteiger partial charge >= 0.3 is 0 Å². The van der Waals surface area contributed by atoms with Crippen LogP contribution in [0.1, 0.15) is 12.0 Å². The third kappa shape index (κ3) is 2.11. The van der Waals surface area contributed by atoms with Gasteiger partial charge in [0.15, 0.2) is 0 Å². The molecule has 24 heavy (non-hydrogen) atoms. The van der Waals surface area contributed by atoms with Gasteiger partial charge < -0.3 is 4.90 Å². The zero-order valence-corrected chi connectivity index (χ0v) is 13.8. The number of rotatable bonds is 3. The highest BCUT2D eigenvalue weighted by molar-refractivity contribution is 6.09. The van der Waals surface area contributed by atoms with Crippen LogP contribution in [0.4, 0.5) is 5.69 Å². The van der Waals surface area contributed by atoms with E-state index in [0.717, 1.165) is 17.7 Å². The number of allylic oxidation sites excluding steroid dienone is 2. The van der Waals surface area contributed by atoms with Gasteiger partial charge in [0, 0.05) is 12.7 Å². The minimum absolute atomic E-state index is 0.172. The van der Waals surface area contributed by atoms with Crippen LogP contribution in [0, 0.1) is 30.6 Å². The van der Waals surface area contributed by atoms with Gasteiger partial charge in [-0.15, -0.1) is 0 Å². The first kappa shape index (κ1) is 15.1. The predicted octanol–water partition coefficient (Wildman–Crippen LogP) is 1.76. The summed E-state index contributed by atoms with van der Waals surface area (Å²) in [6.07, 6.45) is 5.01. The lowest BCUT2D eigenvalue weighted by Gasteiger charge is -2.22. The molecule has 0 spiro atoms. The van der Waals surface area contributed by atoms with Crippen molar-refractivity contribution in [3.63, 3.8) is 0 Å². The molecule has 4 rings (SSSR count). The highest BCUT2D eigenvalue weighted by Crippen LogP contribution is 2.52. The SMILES string of the molecule is Cc1cccc(N(C)C(=O)CN2C(=O)[C@@H]3[C@H](C2=O)[C@H]2C=C[C@H]3C2)c1. The zero-order valence-electron chi connectivity index (χ0n) is 13.8. The van der Waals surface area contributed by atoms with Crippen LogP contribution in [0.15, 0.2) is 36.4 Å². The summed E-state index contributed by atoms with van der Waals surface area (Å²) >= 11 is 0. The molecule has 3 amide bonds. The Kier molecular flexibility index (Phi) is 3.34. The summed E-state index contributed by atoms with van der Waals surface area (Å²) in [5, 5.41) is 0. The number of carbonyl (C=O) groups is 3. The Morgan fingerprint density at radius 1 is 1.17 bits per heavy atom. The second-order valence-electron chi connectivity index (χ2n) is 7.05.